The Morgan fingerprint density at radius 3 is 1.20 bits per heavy atom. The van der Waals surface area contributed by atoms with Crippen LogP contribution in [0.1, 0.15) is 210 Å². The smallest absolute Gasteiger partial charge is 0.323 e. The number of amides is 4. The van der Waals surface area contributed by atoms with E-state index in [-0.39, 0.29) is 102 Å². The Morgan fingerprint density at radius 2 is 0.903 bits per heavy atom. The second-order valence-corrected chi connectivity index (χ2v) is 30.9. The minimum atomic E-state index is -0.812. The Morgan fingerprint density at radius 1 is 0.544 bits per heavy atom. The summed E-state index contributed by atoms with van der Waals surface area (Å²) in [5, 5.41) is 18.8. The number of rotatable bonds is 38. The maximum atomic E-state index is 14.2. The van der Waals surface area contributed by atoms with Gasteiger partial charge in [-0.15, -0.1) is 22.7 Å². The number of nitrogens with one attached hydrogen (secondary N) is 2. The van der Waals surface area contributed by atoms with Crippen LogP contribution in [0.5, 0.6) is 0 Å². The molecule has 0 radical (unpaired) electrons. The monoisotopic (exact) mass is 1480 g/mol. The van der Waals surface area contributed by atoms with Gasteiger partial charge in [-0.05, 0) is 116 Å². The van der Waals surface area contributed by atoms with Crippen molar-refractivity contribution in [1.82, 2.24) is 40.2 Å². The van der Waals surface area contributed by atoms with Gasteiger partial charge in [0.15, 0.2) is 18.0 Å². The zero-order valence-corrected chi connectivity index (χ0v) is 67.2. The van der Waals surface area contributed by atoms with Crippen molar-refractivity contribution in [2.75, 3.05) is 56.5 Å². The number of carboxylic acid groups (broad SMARTS) is 1. The topological polar surface area (TPSA) is 317 Å². The van der Waals surface area contributed by atoms with Crippen LogP contribution in [0, 0.1) is 41.4 Å². The SMILES string of the molecule is CC[C@H](C)[C@H](CC(=O)C(C)(C)N(C)C)C(=O)N(C)[C@H](C[C@@H](OC(C)=O)c1nc(C(=O)N[C@@H](Cc2ccccc2)C[C@H](C)C(=O)OC)cs1)C(C)C.CC[C@H](C)[C@H](N)C(=O)N(C)[C@H](C[C@@H](OC(C)=O)c1nc(C(=O)N[C@@H](Cc2ccccc2)C[C@H](C)C(=O)OC)cs1)C(C)C.CN(C)C(C)(C)C(=O)O. The van der Waals surface area contributed by atoms with Crippen LogP contribution >= 0.6 is 22.7 Å². The Hall–Kier alpha value is -7.52. The van der Waals surface area contributed by atoms with Crippen molar-refractivity contribution >= 4 is 81.9 Å². The van der Waals surface area contributed by atoms with Crippen LogP contribution in [0.15, 0.2) is 71.4 Å². The molecule has 26 heteroatoms. The third-order valence-corrected chi connectivity index (χ3v) is 21.5. The van der Waals surface area contributed by atoms with Crippen molar-refractivity contribution in [1.29, 1.82) is 0 Å². The first-order valence-electron chi connectivity index (χ1n) is 35.5. The molecule has 0 aliphatic heterocycles. The second-order valence-electron chi connectivity index (χ2n) is 29.1. The summed E-state index contributed by atoms with van der Waals surface area (Å²) in [6.45, 7) is 29.2. The zero-order valence-electron chi connectivity index (χ0n) is 65.6. The van der Waals surface area contributed by atoms with Crippen LogP contribution in [0.2, 0.25) is 0 Å². The molecule has 0 bridgehead atoms. The summed E-state index contributed by atoms with van der Waals surface area (Å²) in [6, 6.07) is 17.4. The lowest BCUT2D eigenvalue weighted by Gasteiger charge is -2.38. The van der Waals surface area contributed by atoms with E-state index < -0.39 is 76.8 Å². The normalized spacial score (nSPS) is 15.1. The number of ether oxygens (including phenoxy) is 4. The number of ketones is 1. The number of methoxy groups -OCH3 is 2. The Balaban J connectivity index is 0.000000630. The Labute approximate surface area is 620 Å². The van der Waals surface area contributed by atoms with Gasteiger partial charge in [0.2, 0.25) is 11.8 Å². The molecule has 2 aromatic carbocycles. The second kappa shape index (κ2) is 43.7. The number of aromatic nitrogens is 2. The highest BCUT2D eigenvalue weighted by molar-refractivity contribution is 7.10. The number of thiazole rings is 2. The van der Waals surface area contributed by atoms with Crippen LogP contribution in [-0.2, 0) is 70.1 Å². The largest absolute Gasteiger partial charge is 0.480 e. The summed E-state index contributed by atoms with van der Waals surface area (Å²) >= 11 is 2.43. The first-order valence-corrected chi connectivity index (χ1v) is 37.3. The maximum absolute atomic E-state index is 14.2. The molecular formula is C77H121N9O15S2. The van der Waals surface area contributed by atoms with Gasteiger partial charge in [0.05, 0.1) is 37.6 Å². The molecule has 2 aromatic heterocycles. The van der Waals surface area contributed by atoms with E-state index in [4.69, 9.17) is 29.8 Å². The van der Waals surface area contributed by atoms with Gasteiger partial charge >= 0.3 is 29.8 Å². The van der Waals surface area contributed by atoms with Crippen molar-refractivity contribution < 1.29 is 72.0 Å². The summed E-state index contributed by atoms with van der Waals surface area (Å²) in [5.74, 6) is -4.96. The number of carbonyl (C=O) groups is 10. The molecule has 576 valence electrons. The van der Waals surface area contributed by atoms with E-state index in [1.165, 1.54) is 50.7 Å². The fourth-order valence-electron chi connectivity index (χ4n) is 11.3. The predicted octanol–water partition coefficient (Wildman–Crippen LogP) is 11.1. The van der Waals surface area contributed by atoms with E-state index in [0.29, 0.717) is 42.1 Å². The summed E-state index contributed by atoms with van der Waals surface area (Å²) in [4.78, 5) is 143. The van der Waals surface area contributed by atoms with Crippen LogP contribution in [0.3, 0.4) is 0 Å². The number of hydrogen-bond acceptors (Lipinski definition) is 21. The summed E-state index contributed by atoms with van der Waals surface area (Å²) in [6.07, 6.45) is 2.40. The number of Topliss-reactive ketones (excluding diaryl/α,β-unsaturated/α-hetero) is 1. The number of benzene rings is 2. The number of nitrogens with two attached hydrogens (primary N) is 1. The van der Waals surface area contributed by atoms with Gasteiger partial charge in [-0.3, -0.25) is 57.7 Å². The van der Waals surface area contributed by atoms with Crippen LogP contribution in [0.4, 0.5) is 0 Å². The zero-order chi connectivity index (χ0) is 78.6. The van der Waals surface area contributed by atoms with Gasteiger partial charge in [0.25, 0.3) is 11.8 Å². The summed E-state index contributed by atoms with van der Waals surface area (Å²) in [5.41, 5.74) is 7.16. The first kappa shape index (κ1) is 91.6. The fraction of sp³-hybridized carbons (Fsp3) is 0.636. The van der Waals surface area contributed by atoms with Gasteiger partial charge < -0.3 is 50.2 Å². The highest BCUT2D eigenvalue weighted by Gasteiger charge is 2.40. The molecule has 12 atom stereocenters. The molecule has 4 aromatic rings. The third kappa shape index (κ3) is 29.2. The van der Waals surface area contributed by atoms with Crippen molar-refractivity contribution in [3.05, 3.63) is 104 Å². The number of aliphatic carboxylic acids is 1. The molecule has 103 heavy (non-hydrogen) atoms. The fourth-order valence-corrected chi connectivity index (χ4v) is 12.9. The molecule has 4 amide bonds. The van der Waals surface area contributed by atoms with E-state index in [0.717, 1.165) is 24.0 Å². The highest BCUT2D eigenvalue weighted by Crippen LogP contribution is 2.35. The third-order valence-electron chi connectivity index (χ3n) is 19.7. The number of hydrogen-bond donors (Lipinski definition) is 4. The molecule has 0 spiro atoms. The number of esters is 4. The standard InChI is InChI=1S/C39H60N4O7S.C32H48N4O6S.C6H13NO2/c1-13-25(4)30(21-34(45)39(7,8)42(9)10)37(47)43(11)32(24(2)3)22-33(50-27(6)44)36-41-31(23-51-36)35(46)40-29(19-26(5)38(48)49-12)20-28-17-15-14-16-18-28;1-9-20(4)28(33)31(39)36(7)26(19(2)3)17-27(42-22(6)37)30-35-25(18-43-30)29(38)34-24(15-21(5)32(40)41-8)16-23-13-11-10-12-14-23;1-6(2,5(8)9)7(3)4/h14-18,23-26,29-30,32-33H,13,19-22H2,1-12H3,(H,40,46);10-14,18-21,24,26-28H,9,15-17,33H2,1-8H3,(H,34,38);1-4H3,(H,8,9)/t25-,26-,29+,30-,32+,33+;20-,21-,24+,26+,27+,28-;/m00./s1. The number of likely N-dealkylation sites (N-methyl/N-ethyl adjacent to an activating group) is 3. The lowest BCUT2D eigenvalue weighted by molar-refractivity contribution is -0.150. The predicted molar refractivity (Wildman–Crippen MR) is 403 cm³/mol. The van der Waals surface area contributed by atoms with E-state index in [1.807, 2.05) is 149 Å². The molecule has 0 aliphatic carbocycles. The minimum Gasteiger partial charge on any atom is -0.480 e. The van der Waals surface area contributed by atoms with Gasteiger partial charge in [0.1, 0.15) is 26.9 Å². The molecule has 2 heterocycles. The summed E-state index contributed by atoms with van der Waals surface area (Å²) < 4.78 is 21.3. The van der Waals surface area contributed by atoms with Gasteiger partial charge in [0, 0.05) is 88.1 Å². The number of carboxylic acids is 1. The van der Waals surface area contributed by atoms with Crippen molar-refractivity contribution in [3.8, 4) is 0 Å². The van der Waals surface area contributed by atoms with Gasteiger partial charge in [-0.25, -0.2) is 9.97 Å². The summed E-state index contributed by atoms with van der Waals surface area (Å²) in [7, 11) is 13.4. The van der Waals surface area contributed by atoms with Crippen LogP contribution < -0.4 is 16.4 Å². The molecule has 0 saturated carbocycles. The lowest BCUT2D eigenvalue weighted by atomic mass is 9.81. The maximum Gasteiger partial charge on any atom is 0.323 e. The quantitative estimate of drug-likeness (QED) is 0.0239. The Bertz CT molecular complexity index is 3340. The molecule has 0 saturated heterocycles. The average molecular weight is 1480 g/mol. The molecule has 4 rings (SSSR count). The van der Waals surface area contributed by atoms with Gasteiger partial charge in [-0.2, -0.15) is 0 Å². The number of carbonyl (C=O) groups excluding carboxylic acids is 9. The van der Waals surface area contributed by atoms with Gasteiger partial charge in [-0.1, -0.05) is 143 Å². The van der Waals surface area contributed by atoms with E-state index in [1.54, 1.807) is 81.3 Å². The molecule has 24 nitrogen and oxygen atoms in total. The number of nitrogens with zero attached hydrogens (tertiary/aromatic N) is 6. The highest BCUT2D eigenvalue weighted by atomic mass is 32.1. The Kier molecular flexibility index (Phi) is 38.8. The molecule has 0 aliphatic rings. The molecule has 0 unspecified atom stereocenters. The molecule has 5 N–H and O–H groups in total. The van der Waals surface area contributed by atoms with E-state index >= 15 is 0 Å². The van der Waals surface area contributed by atoms with Crippen LogP contribution in [-0.4, -0.2) is 192 Å². The molecular weight excluding hydrogens is 1360 g/mol. The first-order chi connectivity index (χ1) is 48.0. The molecule has 0 fully saturated rings. The minimum absolute atomic E-state index is 0.00205. The van der Waals surface area contributed by atoms with E-state index in [9.17, 15) is 47.9 Å². The average Bonchev–Trinajstić information content (AvgIpc) is 1.81. The lowest BCUT2D eigenvalue weighted by Crippen LogP contribution is -2.51. The van der Waals surface area contributed by atoms with Crippen molar-refractivity contribution in [2.24, 2.45) is 47.2 Å². The van der Waals surface area contributed by atoms with Crippen LogP contribution in [0.25, 0.3) is 0 Å². The van der Waals surface area contributed by atoms with Crippen molar-refractivity contribution in [2.45, 2.75) is 222 Å². The van der Waals surface area contributed by atoms with Crippen molar-refractivity contribution in [3.63, 3.8) is 0 Å². The van der Waals surface area contributed by atoms with E-state index in [2.05, 4.69) is 20.6 Å².